The van der Waals surface area contributed by atoms with Crippen molar-refractivity contribution in [3.8, 4) is 0 Å². The van der Waals surface area contributed by atoms with Crippen LogP contribution in [0.2, 0.25) is 0 Å². The van der Waals surface area contributed by atoms with Crippen LogP contribution in [0.15, 0.2) is 42.5 Å². The Hall–Kier alpha value is -1.03. The third-order valence-electron chi connectivity index (χ3n) is 2.88. The first-order valence-corrected chi connectivity index (χ1v) is 7.28. The highest BCUT2D eigenvalue weighted by Gasteiger charge is 1.96. The Kier molecular flexibility index (Phi) is 4.64. The van der Waals surface area contributed by atoms with Crippen LogP contribution in [0.5, 0.6) is 0 Å². The first kappa shape index (κ1) is 13.4. The molecular weight excluding hydrogens is 333 g/mol. The van der Waals surface area contributed by atoms with Crippen molar-refractivity contribution in [1.29, 1.82) is 0 Å². The highest BCUT2D eigenvalue weighted by molar-refractivity contribution is 14.1. The molecule has 1 N–H and O–H groups in total. The first-order valence-electron chi connectivity index (χ1n) is 6.20. The van der Waals surface area contributed by atoms with Crippen molar-refractivity contribution in [1.82, 2.24) is 0 Å². The van der Waals surface area contributed by atoms with E-state index in [1.165, 1.54) is 25.9 Å². The monoisotopic (exact) mass is 351 g/mol. The minimum absolute atomic E-state index is 0.976. The molecule has 0 amide bonds. The topological polar surface area (TPSA) is 12.0 Å². The molecule has 0 aromatic heterocycles. The number of nitrogens with one attached hydrogen (secondary N) is 1. The van der Waals surface area contributed by atoms with E-state index in [1.54, 1.807) is 0 Å². The van der Waals surface area contributed by atoms with Crippen LogP contribution in [0.25, 0.3) is 0 Å². The van der Waals surface area contributed by atoms with Gasteiger partial charge in [-0.05, 0) is 83.8 Å². The number of aryl methyl sites for hydroxylation is 2. The standard InChI is InChI=1S/C16H18IN/c1-12-9-13(2)11-16(10-12)18-8-7-14-3-5-15(17)6-4-14/h3-6,9-11,18H,7-8H2,1-2H3. The molecule has 0 saturated heterocycles. The van der Waals surface area contributed by atoms with Gasteiger partial charge in [0.05, 0.1) is 0 Å². The number of benzene rings is 2. The highest BCUT2D eigenvalue weighted by atomic mass is 127. The van der Waals surface area contributed by atoms with Gasteiger partial charge in [0.15, 0.2) is 0 Å². The molecule has 0 radical (unpaired) electrons. The molecule has 0 bridgehead atoms. The fourth-order valence-corrected chi connectivity index (χ4v) is 2.44. The van der Waals surface area contributed by atoms with Crippen LogP contribution in [0.1, 0.15) is 16.7 Å². The lowest BCUT2D eigenvalue weighted by atomic mass is 10.1. The smallest absolute Gasteiger partial charge is 0.0345 e. The molecule has 0 saturated carbocycles. The van der Waals surface area contributed by atoms with Gasteiger partial charge in [-0.25, -0.2) is 0 Å². The Morgan fingerprint density at radius 2 is 1.56 bits per heavy atom. The van der Waals surface area contributed by atoms with Gasteiger partial charge in [-0.2, -0.15) is 0 Å². The molecular formula is C16H18IN. The van der Waals surface area contributed by atoms with E-state index in [9.17, 15) is 0 Å². The summed E-state index contributed by atoms with van der Waals surface area (Å²) in [4.78, 5) is 0. The van der Waals surface area contributed by atoms with Crippen LogP contribution in [-0.2, 0) is 6.42 Å². The van der Waals surface area contributed by atoms with Gasteiger partial charge < -0.3 is 5.32 Å². The van der Waals surface area contributed by atoms with Crippen molar-refractivity contribution in [2.75, 3.05) is 11.9 Å². The minimum atomic E-state index is 0.976. The van der Waals surface area contributed by atoms with Crippen LogP contribution in [0, 0.1) is 17.4 Å². The van der Waals surface area contributed by atoms with E-state index >= 15 is 0 Å². The van der Waals surface area contributed by atoms with Crippen molar-refractivity contribution in [2.24, 2.45) is 0 Å². The van der Waals surface area contributed by atoms with Crippen molar-refractivity contribution < 1.29 is 0 Å². The third-order valence-corrected chi connectivity index (χ3v) is 3.60. The molecule has 0 spiro atoms. The number of rotatable bonds is 4. The van der Waals surface area contributed by atoms with Gasteiger partial charge in [0.1, 0.15) is 0 Å². The number of halogens is 1. The Labute approximate surface area is 123 Å². The maximum atomic E-state index is 3.49. The van der Waals surface area contributed by atoms with E-state index < -0.39 is 0 Å². The molecule has 18 heavy (non-hydrogen) atoms. The summed E-state index contributed by atoms with van der Waals surface area (Å²) in [5, 5.41) is 3.49. The molecule has 1 nitrogen and oxygen atoms in total. The summed E-state index contributed by atoms with van der Waals surface area (Å²) in [5.74, 6) is 0. The molecule has 94 valence electrons. The normalized spacial score (nSPS) is 10.4. The summed E-state index contributed by atoms with van der Waals surface area (Å²) in [6.45, 7) is 5.25. The molecule has 2 heteroatoms. The highest BCUT2D eigenvalue weighted by Crippen LogP contribution is 2.14. The third kappa shape index (κ3) is 4.02. The van der Waals surface area contributed by atoms with Crippen LogP contribution in [-0.4, -0.2) is 6.54 Å². The Bertz CT molecular complexity index is 497. The van der Waals surface area contributed by atoms with Crippen molar-refractivity contribution in [2.45, 2.75) is 20.3 Å². The van der Waals surface area contributed by atoms with E-state index in [4.69, 9.17) is 0 Å². The van der Waals surface area contributed by atoms with Crippen LogP contribution >= 0.6 is 22.6 Å². The number of hydrogen-bond acceptors (Lipinski definition) is 1. The van der Waals surface area contributed by atoms with Gasteiger partial charge in [0, 0.05) is 15.8 Å². The second-order valence-corrected chi connectivity index (χ2v) is 5.93. The Balaban J connectivity index is 1.90. The zero-order chi connectivity index (χ0) is 13.0. The molecule has 2 aromatic carbocycles. The second-order valence-electron chi connectivity index (χ2n) is 4.68. The lowest BCUT2D eigenvalue weighted by Crippen LogP contribution is -2.05. The molecule has 0 unspecified atom stereocenters. The molecule has 0 aliphatic rings. The molecule has 0 fully saturated rings. The molecule has 0 atom stereocenters. The summed E-state index contributed by atoms with van der Waals surface area (Å²) in [6.07, 6.45) is 1.06. The minimum Gasteiger partial charge on any atom is -0.385 e. The average molecular weight is 351 g/mol. The maximum absolute atomic E-state index is 3.49. The predicted octanol–water partition coefficient (Wildman–Crippen LogP) is 4.56. The predicted molar refractivity (Wildman–Crippen MR) is 87.3 cm³/mol. The molecule has 2 rings (SSSR count). The average Bonchev–Trinajstić information content (AvgIpc) is 2.30. The number of hydrogen-bond donors (Lipinski definition) is 1. The summed E-state index contributed by atoms with van der Waals surface area (Å²) >= 11 is 2.34. The van der Waals surface area contributed by atoms with E-state index in [2.05, 4.69) is 84.2 Å². The number of anilines is 1. The van der Waals surface area contributed by atoms with E-state index in [-0.39, 0.29) is 0 Å². The van der Waals surface area contributed by atoms with Gasteiger partial charge in [0.2, 0.25) is 0 Å². The SMILES string of the molecule is Cc1cc(C)cc(NCCc2ccc(I)cc2)c1. The van der Waals surface area contributed by atoms with Crippen LogP contribution < -0.4 is 5.32 Å². The quantitative estimate of drug-likeness (QED) is 0.796. The largest absolute Gasteiger partial charge is 0.385 e. The summed E-state index contributed by atoms with van der Waals surface area (Å²) in [6, 6.07) is 15.3. The van der Waals surface area contributed by atoms with Crippen molar-refractivity contribution in [3.63, 3.8) is 0 Å². The second kappa shape index (κ2) is 6.23. The first-order chi connectivity index (χ1) is 8.63. The van der Waals surface area contributed by atoms with Crippen LogP contribution in [0.4, 0.5) is 5.69 Å². The Morgan fingerprint density at radius 1 is 0.944 bits per heavy atom. The van der Waals surface area contributed by atoms with Crippen molar-refractivity contribution in [3.05, 3.63) is 62.7 Å². The summed E-state index contributed by atoms with van der Waals surface area (Å²) < 4.78 is 1.29. The van der Waals surface area contributed by atoms with Gasteiger partial charge in [0.25, 0.3) is 0 Å². The van der Waals surface area contributed by atoms with Crippen LogP contribution in [0.3, 0.4) is 0 Å². The maximum Gasteiger partial charge on any atom is 0.0345 e. The lowest BCUT2D eigenvalue weighted by molar-refractivity contribution is 1.02. The fourth-order valence-electron chi connectivity index (χ4n) is 2.08. The van der Waals surface area contributed by atoms with Crippen molar-refractivity contribution >= 4 is 28.3 Å². The van der Waals surface area contributed by atoms with Gasteiger partial charge >= 0.3 is 0 Å². The van der Waals surface area contributed by atoms with Gasteiger partial charge in [-0.1, -0.05) is 18.2 Å². The summed E-state index contributed by atoms with van der Waals surface area (Å²) in [5.41, 5.74) is 5.23. The zero-order valence-electron chi connectivity index (χ0n) is 10.8. The molecule has 0 heterocycles. The molecule has 0 aliphatic heterocycles. The van der Waals surface area contributed by atoms with E-state index in [0.29, 0.717) is 0 Å². The lowest BCUT2D eigenvalue weighted by Gasteiger charge is -2.08. The zero-order valence-corrected chi connectivity index (χ0v) is 13.0. The molecule has 2 aromatic rings. The van der Waals surface area contributed by atoms with Gasteiger partial charge in [-0.3, -0.25) is 0 Å². The Morgan fingerprint density at radius 3 is 2.17 bits per heavy atom. The molecule has 0 aliphatic carbocycles. The van der Waals surface area contributed by atoms with E-state index in [0.717, 1.165) is 13.0 Å². The summed E-state index contributed by atoms with van der Waals surface area (Å²) in [7, 11) is 0. The fraction of sp³-hybridized carbons (Fsp3) is 0.250. The van der Waals surface area contributed by atoms with E-state index in [1.807, 2.05) is 0 Å². The van der Waals surface area contributed by atoms with Gasteiger partial charge in [-0.15, -0.1) is 0 Å².